The van der Waals surface area contributed by atoms with Crippen LogP contribution < -0.4 is 4.90 Å². The lowest BCUT2D eigenvalue weighted by molar-refractivity contribution is -0.200. The average Bonchev–Trinajstić information content (AvgIpc) is 3.21. The molecule has 1 atom stereocenters. The normalized spacial score (nSPS) is 22.1. The summed E-state index contributed by atoms with van der Waals surface area (Å²) in [6, 6.07) is 5.99. The number of alkyl halides is 3. The van der Waals surface area contributed by atoms with Gasteiger partial charge < -0.3 is 14.5 Å². The SMILES string of the molecule is CC(OC(=O)N1CCC2(CCCN2Cc2cccc(N3CCN(C[SH](=O)=O)CC3)c2Cl)CC1)C(F)(F)F. The molecule has 208 valence electrons. The predicted molar refractivity (Wildman–Crippen MR) is 136 cm³/mol. The lowest BCUT2D eigenvalue weighted by Crippen LogP contribution is -2.53. The summed E-state index contributed by atoms with van der Waals surface area (Å²) >= 11 is 6.88. The summed E-state index contributed by atoms with van der Waals surface area (Å²) in [4.78, 5) is 20.2. The molecule has 1 spiro atoms. The zero-order valence-electron chi connectivity index (χ0n) is 20.9. The van der Waals surface area contributed by atoms with Gasteiger partial charge in [0, 0.05) is 51.4 Å². The number of anilines is 1. The molecule has 37 heavy (non-hydrogen) atoms. The molecule has 1 unspecified atom stereocenters. The zero-order valence-corrected chi connectivity index (χ0v) is 22.5. The van der Waals surface area contributed by atoms with E-state index in [9.17, 15) is 26.4 Å². The Morgan fingerprint density at radius 1 is 1.08 bits per heavy atom. The predicted octanol–water partition coefficient (Wildman–Crippen LogP) is 3.55. The number of piperidine rings is 1. The number of likely N-dealkylation sites (tertiary alicyclic amines) is 2. The third kappa shape index (κ3) is 6.63. The molecule has 3 aliphatic heterocycles. The number of ether oxygens (including phenoxy) is 1. The van der Waals surface area contributed by atoms with E-state index in [0.717, 1.165) is 37.6 Å². The quantitative estimate of drug-likeness (QED) is 0.528. The number of amides is 1. The fourth-order valence-electron chi connectivity index (χ4n) is 5.64. The first kappa shape index (κ1) is 28.3. The highest BCUT2D eigenvalue weighted by atomic mass is 35.5. The van der Waals surface area contributed by atoms with Crippen LogP contribution in [0.4, 0.5) is 23.7 Å². The van der Waals surface area contributed by atoms with Crippen molar-refractivity contribution in [3.63, 3.8) is 0 Å². The van der Waals surface area contributed by atoms with Gasteiger partial charge in [0.25, 0.3) is 0 Å². The lowest BCUT2D eigenvalue weighted by atomic mass is 9.85. The van der Waals surface area contributed by atoms with Crippen LogP contribution in [0.3, 0.4) is 0 Å². The van der Waals surface area contributed by atoms with Gasteiger partial charge in [0.15, 0.2) is 16.8 Å². The molecule has 0 aromatic heterocycles. The molecule has 3 heterocycles. The van der Waals surface area contributed by atoms with E-state index in [1.54, 1.807) is 0 Å². The summed E-state index contributed by atoms with van der Waals surface area (Å²) in [5.41, 5.74) is 1.83. The molecule has 3 fully saturated rings. The van der Waals surface area contributed by atoms with Gasteiger partial charge in [-0.1, -0.05) is 23.7 Å². The van der Waals surface area contributed by atoms with Crippen molar-refractivity contribution in [2.75, 3.05) is 56.6 Å². The molecule has 4 rings (SSSR count). The van der Waals surface area contributed by atoms with Crippen LogP contribution in [0.25, 0.3) is 0 Å². The van der Waals surface area contributed by atoms with Crippen LogP contribution in [0.2, 0.25) is 5.02 Å². The maximum Gasteiger partial charge on any atom is 0.425 e. The molecule has 1 aromatic rings. The van der Waals surface area contributed by atoms with E-state index in [0.29, 0.717) is 63.7 Å². The molecule has 0 N–H and O–H groups in total. The van der Waals surface area contributed by atoms with E-state index in [-0.39, 0.29) is 11.4 Å². The van der Waals surface area contributed by atoms with E-state index >= 15 is 0 Å². The van der Waals surface area contributed by atoms with Gasteiger partial charge in [-0.05, 0) is 50.8 Å². The van der Waals surface area contributed by atoms with Crippen LogP contribution in [0.5, 0.6) is 0 Å². The number of carbonyl (C=O) groups excluding carboxylic acids is 1. The highest BCUT2D eigenvalue weighted by Crippen LogP contribution is 2.41. The Bertz CT molecular complexity index is 1030. The third-order valence-corrected chi connectivity index (χ3v) is 8.95. The van der Waals surface area contributed by atoms with E-state index in [1.165, 1.54) is 4.90 Å². The molecule has 0 saturated carbocycles. The fraction of sp³-hybridized carbons (Fsp3) is 0.708. The van der Waals surface area contributed by atoms with E-state index in [2.05, 4.69) is 14.5 Å². The minimum atomic E-state index is -4.58. The van der Waals surface area contributed by atoms with Crippen molar-refractivity contribution in [3.8, 4) is 0 Å². The Labute approximate surface area is 222 Å². The van der Waals surface area contributed by atoms with E-state index in [1.807, 2.05) is 23.1 Å². The van der Waals surface area contributed by atoms with Crippen molar-refractivity contribution in [1.29, 1.82) is 0 Å². The number of benzene rings is 1. The van der Waals surface area contributed by atoms with Gasteiger partial charge >= 0.3 is 12.3 Å². The Hall–Kier alpha value is -1.76. The maximum absolute atomic E-state index is 12.8. The largest absolute Gasteiger partial charge is 0.437 e. The summed E-state index contributed by atoms with van der Waals surface area (Å²) in [6.45, 7) is 5.78. The number of halogens is 4. The fourth-order valence-corrected chi connectivity index (χ4v) is 6.55. The molecule has 0 radical (unpaired) electrons. The Kier molecular flexibility index (Phi) is 8.82. The van der Waals surface area contributed by atoms with E-state index < -0.39 is 29.1 Å². The first-order valence-corrected chi connectivity index (χ1v) is 14.4. The Morgan fingerprint density at radius 3 is 2.38 bits per heavy atom. The molecule has 3 saturated heterocycles. The average molecular weight is 567 g/mol. The second-order valence-electron chi connectivity index (χ2n) is 10.1. The number of carbonyl (C=O) groups is 1. The highest BCUT2D eigenvalue weighted by Gasteiger charge is 2.45. The summed E-state index contributed by atoms with van der Waals surface area (Å²) < 4.78 is 65.0. The molecular formula is C24H34ClF3N4O4S. The number of hydrogen-bond acceptors (Lipinski definition) is 7. The topological polar surface area (TPSA) is 73.4 Å². The molecule has 13 heteroatoms. The lowest BCUT2D eigenvalue weighted by Gasteiger charge is -2.45. The molecule has 0 bridgehead atoms. The summed E-state index contributed by atoms with van der Waals surface area (Å²) in [5, 5.41) is 0.690. The van der Waals surface area contributed by atoms with Crippen molar-refractivity contribution < 1.29 is 31.1 Å². The van der Waals surface area contributed by atoms with Gasteiger partial charge in [-0.25, -0.2) is 13.2 Å². The van der Waals surface area contributed by atoms with Gasteiger partial charge in [0.2, 0.25) is 0 Å². The minimum Gasteiger partial charge on any atom is -0.437 e. The molecule has 1 amide bonds. The van der Waals surface area contributed by atoms with Crippen LogP contribution in [0.15, 0.2) is 18.2 Å². The number of thiol groups is 1. The van der Waals surface area contributed by atoms with Gasteiger partial charge in [0.1, 0.15) is 0 Å². The van der Waals surface area contributed by atoms with Gasteiger partial charge in [0.05, 0.1) is 16.6 Å². The van der Waals surface area contributed by atoms with Crippen LogP contribution >= 0.6 is 11.6 Å². The Balaban J connectivity index is 1.37. The maximum atomic E-state index is 12.8. The molecule has 1 aromatic carbocycles. The van der Waals surface area contributed by atoms with Crippen molar-refractivity contribution in [2.45, 2.75) is 57.0 Å². The zero-order chi connectivity index (χ0) is 26.8. The molecule has 0 aliphatic carbocycles. The molecule has 8 nitrogen and oxygen atoms in total. The van der Waals surface area contributed by atoms with Crippen molar-refractivity contribution >= 4 is 34.1 Å². The van der Waals surface area contributed by atoms with Gasteiger partial charge in [-0.15, -0.1) is 0 Å². The standard InChI is InChI=1S/C24H34ClF3N4O4S/c1-18(24(26,27)28)36-22(33)31-10-7-23(8-11-31)6-3-9-32(23)16-19-4-2-5-20(21(19)25)30-14-12-29(13-15-30)17-37(34)35/h2,4-5,18,37H,3,6-17H2,1H3. The van der Waals surface area contributed by atoms with Crippen LogP contribution in [0, 0.1) is 0 Å². The van der Waals surface area contributed by atoms with Crippen molar-refractivity contribution in [3.05, 3.63) is 28.8 Å². The number of rotatable bonds is 6. The second kappa shape index (κ2) is 11.5. The van der Waals surface area contributed by atoms with Crippen LogP contribution in [0.1, 0.15) is 38.2 Å². The minimum absolute atomic E-state index is 0.0739. The second-order valence-corrected chi connectivity index (χ2v) is 11.5. The van der Waals surface area contributed by atoms with Crippen molar-refractivity contribution in [2.24, 2.45) is 0 Å². The third-order valence-electron chi connectivity index (χ3n) is 7.88. The van der Waals surface area contributed by atoms with Gasteiger partial charge in [-0.2, -0.15) is 13.2 Å². The summed E-state index contributed by atoms with van der Waals surface area (Å²) in [6.07, 6.45) is -4.30. The number of nitrogens with zero attached hydrogens (tertiary/aromatic N) is 4. The van der Waals surface area contributed by atoms with Crippen molar-refractivity contribution in [1.82, 2.24) is 14.7 Å². The first-order valence-electron chi connectivity index (χ1n) is 12.6. The van der Waals surface area contributed by atoms with Crippen LogP contribution in [-0.2, 0) is 22.0 Å². The monoisotopic (exact) mass is 566 g/mol. The highest BCUT2D eigenvalue weighted by molar-refractivity contribution is 7.72. The first-order chi connectivity index (χ1) is 17.5. The molecular weight excluding hydrogens is 533 g/mol. The summed E-state index contributed by atoms with van der Waals surface area (Å²) in [5.74, 6) is 0.0739. The number of piperazine rings is 1. The number of hydrogen-bond donors (Lipinski definition) is 1. The summed E-state index contributed by atoms with van der Waals surface area (Å²) in [7, 11) is -2.43. The van der Waals surface area contributed by atoms with Crippen LogP contribution in [-0.4, -0.2) is 98.7 Å². The molecule has 3 aliphatic rings. The van der Waals surface area contributed by atoms with E-state index in [4.69, 9.17) is 11.6 Å². The van der Waals surface area contributed by atoms with Gasteiger partial charge in [-0.3, -0.25) is 9.80 Å². The Morgan fingerprint density at radius 2 is 1.76 bits per heavy atom. The smallest absolute Gasteiger partial charge is 0.425 e.